The Morgan fingerprint density at radius 2 is 2.10 bits per heavy atom. The van der Waals surface area contributed by atoms with Gasteiger partial charge in [-0.25, -0.2) is 9.78 Å². The zero-order valence-corrected chi connectivity index (χ0v) is 17.5. The lowest BCUT2D eigenvalue weighted by molar-refractivity contribution is 0.187. The molecule has 9 heteroatoms. The van der Waals surface area contributed by atoms with Crippen LogP contribution in [0.1, 0.15) is 18.2 Å². The van der Waals surface area contributed by atoms with Crippen molar-refractivity contribution in [3.05, 3.63) is 52.5 Å². The normalized spacial score (nSPS) is 16.5. The van der Waals surface area contributed by atoms with Crippen LogP contribution in [0.2, 0.25) is 10.0 Å². The number of methoxy groups -OCH3 is 1. The molecule has 29 heavy (non-hydrogen) atoms. The molecule has 0 radical (unpaired) electrons. The molecule has 2 aromatic heterocycles. The highest BCUT2D eigenvalue weighted by Gasteiger charge is 2.31. The number of nitrogens with one attached hydrogen (secondary N) is 1. The van der Waals surface area contributed by atoms with Crippen molar-refractivity contribution >= 4 is 46.0 Å². The summed E-state index contributed by atoms with van der Waals surface area (Å²) >= 11 is 12.0. The summed E-state index contributed by atoms with van der Waals surface area (Å²) in [7, 11) is 1.68. The van der Waals surface area contributed by atoms with Gasteiger partial charge in [0.1, 0.15) is 5.82 Å². The predicted octanol–water partition coefficient (Wildman–Crippen LogP) is 4.41. The highest BCUT2D eigenvalue weighted by atomic mass is 35.5. The Morgan fingerprint density at radius 1 is 1.31 bits per heavy atom. The average molecular weight is 434 g/mol. The monoisotopic (exact) mass is 433 g/mol. The molecule has 1 aliphatic heterocycles. The Hall–Kier alpha value is -2.35. The fraction of sp³-hybridized carbons (Fsp3) is 0.350. The zero-order chi connectivity index (χ0) is 20.4. The number of fused-ring (bicyclic) bond motifs is 1. The molecule has 1 saturated heterocycles. The topological polar surface area (TPSA) is 72.3 Å². The van der Waals surface area contributed by atoms with Crippen LogP contribution in [0.4, 0.5) is 10.5 Å². The second-order valence-electron chi connectivity index (χ2n) is 7.00. The summed E-state index contributed by atoms with van der Waals surface area (Å²) < 4.78 is 7.41. The Kier molecular flexibility index (Phi) is 5.89. The second-order valence-corrected chi connectivity index (χ2v) is 7.87. The molecule has 1 atom stereocenters. The first-order valence-electron chi connectivity index (χ1n) is 9.36. The number of imidazole rings is 1. The molecule has 1 unspecified atom stereocenters. The van der Waals surface area contributed by atoms with Gasteiger partial charge < -0.3 is 19.5 Å². The molecule has 0 bridgehead atoms. The number of urea groups is 1. The van der Waals surface area contributed by atoms with E-state index in [9.17, 15) is 4.79 Å². The predicted molar refractivity (Wildman–Crippen MR) is 114 cm³/mol. The van der Waals surface area contributed by atoms with Crippen molar-refractivity contribution in [2.24, 2.45) is 0 Å². The number of hydrogen-bond acceptors (Lipinski definition) is 4. The van der Waals surface area contributed by atoms with E-state index in [1.807, 2.05) is 12.3 Å². The molecule has 0 spiro atoms. The number of ether oxygens (including phenoxy) is 1. The first kappa shape index (κ1) is 19.9. The number of carbonyl (C=O) groups is 1. The first-order chi connectivity index (χ1) is 14.0. The van der Waals surface area contributed by atoms with Crippen LogP contribution >= 0.6 is 23.2 Å². The van der Waals surface area contributed by atoms with Gasteiger partial charge in [-0.2, -0.15) is 0 Å². The molecule has 1 fully saturated rings. The van der Waals surface area contributed by atoms with Crippen molar-refractivity contribution in [3.63, 3.8) is 0 Å². The van der Waals surface area contributed by atoms with Crippen LogP contribution in [0.3, 0.4) is 0 Å². The largest absolute Gasteiger partial charge is 0.383 e. The van der Waals surface area contributed by atoms with Gasteiger partial charge in [-0.15, -0.1) is 0 Å². The number of likely N-dealkylation sites (tertiary alicyclic amines) is 1. The van der Waals surface area contributed by atoms with Gasteiger partial charge >= 0.3 is 6.03 Å². The average Bonchev–Trinajstić information content (AvgIpc) is 3.30. The minimum absolute atomic E-state index is 0.146. The van der Waals surface area contributed by atoms with Crippen LogP contribution in [-0.4, -0.2) is 52.3 Å². The fourth-order valence-electron chi connectivity index (χ4n) is 3.70. The number of carbonyl (C=O) groups excluding carboxylic acids is 1. The van der Waals surface area contributed by atoms with Gasteiger partial charge in [0.05, 0.1) is 23.8 Å². The Bertz CT molecular complexity index is 1020. The number of amides is 2. The Labute approximate surface area is 178 Å². The number of pyridine rings is 1. The van der Waals surface area contributed by atoms with E-state index in [1.165, 1.54) is 0 Å². The maximum atomic E-state index is 12.7. The maximum Gasteiger partial charge on any atom is 0.321 e. The lowest BCUT2D eigenvalue weighted by Gasteiger charge is -2.18. The summed E-state index contributed by atoms with van der Waals surface area (Å²) in [6.07, 6.45) is 4.40. The van der Waals surface area contributed by atoms with Crippen molar-refractivity contribution in [2.75, 3.05) is 32.1 Å². The van der Waals surface area contributed by atoms with E-state index in [4.69, 9.17) is 32.9 Å². The molecular formula is C20H21Cl2N5O2. The van der Waals surface area contributed by atoms with E-state index < -0.39 is 0 Å². The molecule has 7 nitrogen and oxygen atoms in total. The van der Waals surface area contributed by atoms with Gasteiger partial charge in [0.25, 0.3) is 0 Å². The number of aromatic nitrogens is 3. The minimum atomic E-state index is -0.174. The van der Waals surface area contributed by atoms with Crippen LogP contribution in [0.25, 0.3) is 11.0 Å². The smallest absolute Gasteiger partial charge is 0.321 e. The van der Waals surface area contributed by atoms with Crippen molar-refractivity contribution in [3.8, 4) is 0 Å². The van der Waals surface area contributed by atoms with Crippen LogP contribution in [-0.2, 0) is 11.3 Å². The van der Waals surface area contributed by atoms with Crippen LogP contribution in [0.15, 0.2) is 36.7 Å². The molecule has 4 rings (SSSR count). The van der Waals surface area contributed by atoms with E-state index >= 15 is 0 Å². The summed E-state index contributed by atoms with van der Waals surface area (Å²) in [4.78, 5) is 23.6. The highest BCUT2D eigenvalue weighted by molar-refractivity contribution is 6.35. The SMILES string of the molecule is COCCn1c(C2CCN(C(=O)Nc3cc(Cl)cc(Cl)c3)C2)nc2ccncc21. The third kappa shape index (κ3) is 4.32. The maximum absolute atomic E-state index is 12.7. The molecule has 0 aliphatic carbocycles. The summed E-state index contributed by atoms with van der Waals surface area (Å²) in [5, 5.41) is 3.83. The summed E-state index contributed by atoms with van der Waals surface area (Å²) in [5.74, 6) is 1.11. The van der Waals surface area contributed by atoms with E-state index in [0.29, 0.717) is 42.0 Å². The van der Waals surface area contributed by atoms with Crippen molar-refractivity contribution in [1.29, 1.82) is 0 Å². The van der Waals surface area contributed by atoms with Gasteiger partial charge in [-0.1, -0.05) is 23.2 Å². The molecule has 3 heterocycles. The summed E-state index contributed by atoms with van der Waals surface area (Å²) in [5.41, 5.74) is 2.47. The third-order valence-electron chi connectivity index (χ3n) is 5.05. The number of benzene rings is 1. The van der Waals surface area contributed by atoms with Gasteiger partial charge in [-0.05, 0) is 30.7 Å². The highest BCUT2D eigenvalue weighted by Crippen LogP contribution is 2.30. The number of halogens is 2. The van der Waals surface area contributed by atoms with Crippen molar-refractivity contribution < 1.29 is 9.53 Å². The van der Waals surface area contributed by atoms with Gasteiger partial charge in [0.2, 0.25) is 0 Å². The van der Waals surface area contributed by atoms with Crippen LogP contribution in [0.5, 0.6) is 0 Å². The number of nitrogens with zero attached hydrogens (tertiary/aromatic N) is 4. The van der Waals surface area contributed by atoms with Crippen LogP contribution in [0, 0.1) is 0 Å². The van der Waals surface area contributed by atoms with Crippen molar-refractivity contribution in [1.82, 2.24) is 19.4 Å². The Morgan fingerprint density at radius 3 is 2.86 bits per heavy atom. The first-order valence-corrected chi connectivity index (χ1v) is 10.1. The number of anilines is 1. The van der Waals surface area contributed by atoms with Crippen LogP contribution < -0.4 is 5.32 Å². The lowest BCUT2D eigenvalue weighted by atomic mass is 10.1. The van der Waals surface area contributed by atoms with Gasteiger partial charge in [0, 0.05) is 54.6 Å². The standard InChI is InChI=1S/C20H21Cl2N5O2/c1-29-7-6-27-18-11-23-4-2-17(18)25-19(27)13-3-5-26(12-13)20(28)24-16-9-14(21)8-15(22)10-16/h2,4,8-11,13H,3,5-7,12H2,1H3,(H,24,28). The molecule has 2 amide bonds. The molecule has 1 N–H and O–H groups in total. The number of hydrogen-bond donors (Lipinski definition) is 1. The third-order valence-corrected chi connectivity index (χ3v) is 5.49. The van der Waals surface area contributed by atoms with E-state index in [-0.39, 0.29) is 11.9 Å². The molecule has 1 aromatic carbocycles. The quantitative estimate of drug-likeness (QED) is 0.646. The number of rotatable bonds is 5. The second kappa shape index (κ2) is 8.57. The lowest BCUT2D eigenvalue weighted by Crippen LogP contribution is -2.33. The van der Waals surface area contributed by atoms with E-state index in [1.54, 1.807) is 36.4 Å². The van der Waals surface area contributed by atoms with Gasteiger partial charge in [-0.3, -0.25) is 4.98 Å². The van der Waals surface area contributed by atoms with E-state index in [0.717, 1.165) is 23.3 Å². The Balaban J connectivity index is 1.51. The van der Waals surface area contributed by atoms with Crippen molar-refractivity contribution in [2.45, 2.75) is 18.9 Å². The zero-order valence-electron chi connectivity index (χ0n) is 15.9. The minimum Gasteiger partial charge on any atom is -0.383 e. The molecular weight excluding hydrogens is 413 g/mol. The molecule has 0 saturated carbocycles. The molecule has 1 aliphatic rings. The summed E-state index contributed by atoms with van der Waals surface area (Å²) in [6.45, 7) is 2.51. The fourth-order valence-corrected chi connectivity index (χ4v) is 4.23. The van der Waals surface area contributed by atoms with E-state index in [2.05, 4.69) is 14.9 Å². The van der Waals surface area contributed by atoms with Gasteiger partial charge in [0.15, 0.2) is 0 Å². The molecule has 3 aromatic rings. The summed E-state index contributed by atoms with van der Waals surface area (Å²) in [6, 6.07) is 6.72. The molecule has 152 valence electrons.